The molecular formula is C54H36N2. The van der Waals surface area contributed by atoms with Crippen LogP contribution in [0.3, 0.4) is 0 Å². The van der Waals surface area contributed by atoms with Crippen LogP contribution in [0.2, 0.25) is 0 Å². The van der Waals surface area contributed by atoms with Crippen LogP contribution in [0.5, 0.6) is 0 Å². The lowest BCUT2D eigenvalue weighted by molar-refractivity contribution is 1.42. The van der Waals surface area contributed by atoms with Crippen LogP contribution >= 0.6 is 0 Å². The van der Waals surface area contributed by atoms with Crippen molar-refractivity contribution in [3.8, 4) is 22.3 Å². The van der Waals surface area contributed by atoms with E-state index in [4.69, 9.17) is 10.4 Å². The molecule has 0 atom stereocenters. The van der Waals surface area contributed by atoms with Gasteiger partial charge in [-0.2, -0.15) is 0 Å². The second kappa shape index (κ2) is 14.1. The molecule has 0 heterocycles. The van der Waals surface area contributed by atoms with E-state index in [2.05, 4.69) is 182 Å². The number of benzene rings is 10. The SMILES string of the molecule is N=C(N=C(/C=C/c1ccc(-c2ccc(-c3c4ccccc4cc4c3ccc3ccccc34)cc2)cc1)c1cccc2ccc3ccccc3c12)c1ccccc1. The monoisotopic (exact) mass is 712 g/mol. The van der Waals surface area contributed by atoms with Crippen molar-refractivity contribution in [2.24, 2.45) is 4.99 Å². The van der Waals surface area contributed by atoms with Gasteiger partial charge < -0.3 is 0 Å². The molecular weight excluding hydrogens is 677 g/mol. The molecule has 0 aliphatic rings. The molecule has 10 rings (SSSR count). The maximum absolute atomic E-state index is 8.95. The summed E-state index contributed by atoms with van der Waals surface area (Å²) in [6.45, 7) is 0. The van der Waals surface area contributed by atoms with Crippen LogP contribution in [-0.2, 0) is 0 Å². The molecule has 0 fully saturated rings. The molecule has 0 aromatic heterocycles. The van der Waals surface area contributed by atoms with Crippen molar-refractivity contribution in [3.63, 3.8) is 0 Å². The maximum atomic E-state index is 8.95. The molecule has 0 saturated carbocycles. The molecule has 2 heteroatoms. The molecule has 0 saturated heterocycles. The van der Waals surface area contributed by atoms with Crippen molar-refractivity contribution in [2.75, 3.05) is 0 Å². The van der Waals surface area contributed by atoms with Crippen molar-refractivity contribution in [1.29, 1.82) is 5.41 Å². The molecule has 0 amide bonds. The zero-order valence-corrected chi connectivity index (χ0v) is 30.7. The average molecular weight is 713 g/mol. The summed E-state index contributed by atoms with van der Waals surface area (Å²) in [6.07, 6.45) is 4.15. The number of rotatable bonds is 6. The van der Waals surface area contributed by atoms with Crippen LogP contribution in [0.1, 0.15) is 16.7 Å². The Morgan fingerprint density at radius 2 is 0.982 bits per heavy atom. The van der Waals surface area contributed by atoms with Crippen molar-refractivity contribution in [2.45, 2.75) is 0 Å². The van der Waals surface area contributed by atoms with Crippen LogP contribution in [0.15, 0.2) is 211 Å². The first kappa shape index (κ1) is 33.2. The number of nitrogens with zero attached hydrogens (tertiary/aromatic N) is 1. The Kier molecular flexibility index (Phi) is 8.35. The Morgan fingerprint density at radius 3 is 1.75 bits per heavy atom. The van der Waals surface area contributed by atoms with Gasteiger partial charge in [0.05, 0.1) is 5.71 Å². The zero-order chi connectivity index (χ0) is 37.4. The molecule has 10 aromatic rings. The predicted molar refractivity (Wildman–Crippen MR) is 240 cm³/mol. The minimum absolute atomic E-state index is 0.228. The van der Waals surface area contributed by atoms with Crippen LogP contribution in [0.4, 0.5) is 0 Å². The third-order valence-electron chi connectivity index (χ3n) is 10.9. The van der Waals surface area contributed by atoms with Crippen molar-refractivity contribution >= 4 is 71.5 Å². The lowest BCUT2D eigenvalue weighted by Gasteiger charge is -2.14. The van der Waals surface area contributed by atoms with Gasteiger partial charge in [0.2, 0.25) is 0 Å². The Labute approximate surface area is 325 Å². The highest BCUT2D eigenvalue weighted by Crippen LogP contribution is 2.40. The molecule has 0 unspecified atom stereocenters. The maximum Gasteiger partial charge on any atom is 0.152 e. The van der Waals surface area contributed by atoms with E-state index >= 15 is 0 Å². The summed E-state index contributed by atoms with van der Waals surface area (Å²) in [5.74, 6) is 0.228. The fourth-order valence-electron chi connectivity index (χ4n) is 8.16. The van der Waals surface area contributed by atoms with Gasteiger partial charge in [-0.15, -0.1) is 0 Å². The van der Waals surface area contributed by atoms with Gasteiger partial charge in [0.15, 0.2) is 5.84 Å². The lowest BCUT2D eigenvalue weighted by atomic mass is 9.89. The molecule has 0 radical (unpaired) electrons. The van der Waals surface area contributed by atoms with E-state index in [0.29, 0.717) is 0 Å². The minimum atomic E-state index is 0.228. The van der Waals surface area contributed by atoms with Gasteiger partial charge in [-0.25, -0.2) is 4.99 Å². The summed E-state index contributed by atoms with van der Waals surface area (Å²) in [5.41, 5.74) is 8.38. The molecule has 0 aliphatic heterocycles. The first-order chi connectivity index (χ1) is 27.7. The van der Waals surface area contributed by atoms with E-state index < -0.39 is 0 Å². The number of fused-ring (bicyclic) bond motifs is 7. The second-order valence-corrected chi connectivity index (χ2v) is 14.3. The summed E-state index contributed by atoms with van der Waals surface area (Å²) in [7, 11) is 0. The Hall–Kier alpha value is -7.42. The summed E-state index contributed by atoms with van der Waals surface area (Å²) >= 11 is 0. The topological polar surface area (TPSA) is 36.2 Å². The first-order valence-corrected chi connectivity index (χ1v) is 19.0. The van der Waals surface area contributed by atoms with E-state index in [-0.39, 0.29) is 5.84 Å². The first-order valence-electron chi connectivity index (χ1n) is 19.0. The largest absolute Gasteiger partial charge is 0.282 e. The van der Waals surface area contributed by atoms with Gasteiger partial charge in [-0.05, 0) is 93.8 Å². The molecule has 1 N–H and O–H groups in total. The number of hydrogen-bond acceptors (Lipinski definition) is 1. The summed E-state index contributed by atoms with van der Waals surface area (Å²) in [4.78, 5) is 4.95. The fraction of sp³-hybridized carbons (Fsp3) is 0. The van der Waals surface area contributed by atoms with Gasteiger partial charge in [0, 0.05) is 11.1 Å². The highest BCUT2D eigenvalue weighted by atomic mass is 14.8. The van der Waals surface area contributed by atoms with Gasteiger partial charge in [0.1, 0.15) is 0 Å². The van der Waals surface area contributed by atoms with Gasteiger partial charge >= 0.3 is 0 Å². The molecule has 0 spiro atoms. The third-order valence-corrected chi connectivity index (χ3v) is 10.9. The molecule has 262 valence electrons. The fourth-order valence-corrected chi connectivity index (χ4v) is 8.16. The quantitative estimate of drug-likeness (QED) is 0.0771. The molecule has 10 aromatic carbocycles. The van der Waals surface area contributed by atoms with Crippen molar-refractivity contribution in [3.05, 3.63) is 223 Å². The lowest BCUT2D eigenvalue weighted by Crippen LogP contribution is -2.04. The van der Waals surface area contributed by atoms with Crippen molar-refractivity contribution in [1.82, 2.24) is 0 Å². The van der Waals surface area contributed by atoms with Crippen molar-refractivity contribution < 1.29 is 0 Å². The number of aliphatic imine (C=N–C) groups is 1. The van der Waals surface area contributed by atoms with Crippen LogP contribution in [0, 0.1) is 5.41 Å². The van der Waals surface area contributed by atoms with Gasteiger partial charge in [0.25, 0.3) is 0 Å². The van der Waals surface area contributed by atoms with Crippen LogP contribution in [-0.4, -0.2) is 11.5 Å². The van der Waals surface area contributed by atoms with E-state index in [1.807, 2.05) is 30.3 Å². The number of nitrogens with one attached hydrogen (secondary N) is 1. The zero-order valence-electron chi connectivity index (χ0n) is 30.7. The average Bonchev–Trinajstić information content (AvgIpc) is 3.27. The molecule has 2 nitrogen and oxygen atoms in total. The third kappa shape index (κ3) is 6.04. The molecule has 0 bridgehead atoms. The smallest absolute Gasteiger partial charge is 0.152 e. The van der Waals surface area contributed by atoms with E-state index in [1.165, 1.54) is 59.8 Å². The Bertz CT molecular complexity index is 3170. The standard InChI is InChI=1S/C54H36N2/c55-54(43-13-2-1-3-14-43)56-51(49-20-10-16-41-31-28-40-12-5-8-18-46(40)53(41)49)34-23-36-21-24-37(25-22-36)38-26-29-42(30-27-38)52-47-19-9-6-15-44(47)35-50-45-17-7-4-11-39(45)32-33-48(50)52/h1-35,55H/b34-23+,55-54?,56-51?. The Morgan fingerprint density at radius 1 is 0.411 bits per heavy atom. The number of amidine groups is 1. The van der Waals surface area contributed by atoms with Gasteiger partial charge in [-0.3, -0.25) is 5.41 Å². The van der Waals surface area contributed by atoms with Crippen LogP contribution in [0.25, 0.3) is 82.2 Å². The summed E-state index contributed by atoms with van der Waals surface area (Å²) < 4.78 is 0. The normalized spacial score (nSPS) is 12.0. The highest BCUT2D eigenvalue weighted by Gasteiger charge is 2.14. The number of allylic oxidation sites excluding steroid dienone is 1. The predicted octanol–water partition coefficient (Wildman–Crippen LogP) is 14.3. The second-order valence-electron chi connectivity index (χ2n) is 14.3. The van der Waals surface area contributed by atoms with Gasteiger partial charge in [-0.1, -0.05) is 200 Å². The minimum Gasteiger partial charge on any atom is -0.282 e. The van der Waals surface area contributed by atoms with E-state index in [9.17, 15) is 0 Å². The van der Waals surface area contributed by atoms with Crippen LogP contribution < -0.4 is 0 Å². The highest BCUT2D eigenvalue weighted by molar-refractivity contribution is 6.26. The summed E-state index contributed by atoms with van der Waals surface area (Å²) in [6, 6.07) is 70.8. The Balaban J connectivity index is 0.997. The number of hydrogen-bond donors (Lipinski definition) is 1. The molecule has 0 aliphatic carbocycles. The van der Waals surface area contributed by atoms with E-state index in [0.717, 1.165) is 38.7 Å². The molecule has 56 heavy (non-hydrogen) atoms. The summed E-state index contributed by atoms with van der Waals surface area (Å²) in [5, 5.41) is 21.2. The van der Waals surface area contributed by atoms with E-state index in [1.54, 1.807) is 0 Å².